The molecule has 2 nitrogen and oxygen atoms in total. The molecule has 0 radical (unpaired) electrons. The Balaban J connectivity index is 2.16. The van der Waals surface area contributed by atoms with Gasteiger partial charge in [0.25, 0.3) is 0 Å². The molecule has 0 bridgehead atoms. The molecule has 4 heteroatoms. The number of rotatable bonds is 4. The van der Waals surface area contributed by atoms with E-state index in [-0.39, 0.29) is 5.82 Å². The van der Waals surface area contributed by atoms with Crippen molar-refractivity contribution in [2.24, 2.45) is 0 Å². The summed E-state index contributed by atoms with van der Waals surface area (Å²) in [5.74, 6) is 0.0286. The number of benzene rings is 1. The molecular weight excluding hydrogens is 239 g/mol. The van der Waals surface area contributed by atoms with E-state index < -0.39 is 6.10 Å². The largest absolute Gasteiger partial charge is 0.488 e. The Morgan fingerprint density at radius 3 is 2.88 bits per heavy atom. The van der Waals surface area contributed by atoms with Gasteiger partial charge in [-0.05, 0) is 41.4 Å². The van der Waals surface area contributed by atoms with Crippen LogP contribution in [-0.2, 0) is 6.61 Å². The van der Waals surface area contributed by atoms with Gasteiger partial charge >= 0.3 is 0 Å². The Hall–Kier alpha value is -1.39. The lowest BCUT2D eigenvalue weighted by Gasteiger charge is -2.13. The highest BCUT2D eigenvalue weighted by molar-refractivity contribution is 7.07. The van der Waals surface area contributed by atoms with E-state index >= 15 is 0 Å². The molecule has 0 aliphatic carbocycles. The van der Waals surface area contributed by atoms with E-state index in [1.54, 1.807) is 24.3 Å². The van der Waals surface area contributed by atoms with Crippen LogP contribution in [0.15, 0.2) is 35.0 Å². The molecule has 0 saturated heterocycles. The van der Waals surface area contributed by atoms with E-state index in [2.05, 4.69) is 0 Å². The van der Waals surface area contributed by atoms with Crippen LogP contribution in [0.3, 0.4) is 0 Å². The fraction of sp³-hybridized carbons (Fsp3) is 0.231. The fourth-order valence-electron chi connectivity index (χ4n) is 1.51. The second kappa shape index (κ2) is 5.29. The van der Waals surface area contributed by atoms with E-state index in [0.717, 1.165) is 5.56 Å². The van der Waals surface area contributed by atoms with Gasteiger partial charge in [0.05, 0.1) is 6.10 Å². The average molecular weight is 252 g/mol. The number of ether oxygens (including phenoxy) is 1. The van der Waals surface area contributed by atoms with Crippen molar-refractivity contribution in [2.75, 3.05) is 0 Å². The molecular formula is C13H13FO2S. The average Bonchev–Trinajstić information content (AvgIpc) is 2.78. The Morgan fingerprint density at radius 1 is 1.41 bits per heavy atom. The molecule has 0 spiro atoms. The predicted octanol–water partition coefficient (Wildman–Crippen LogP) is 3.52. The molecule has 1 N–H and O–H groups in total. The molecule has 17 heavy (non-hydrogen) atoms. The number of aliphatic hydroxyl groups is 1. The van der Waals surface area contributed by atoms with Crippen LogP contribution < -0.4 is 4.74 Å². The molecule has 0 aliphatic heterocycles. The Kier molecular flexibility index (Phi) is 3.76. The summed E-state index contributed by atoms with van der Waals surface area (Å²) >= 11 is 1.58. The smallest absolute Gasteiger partial charge is 0.128 e. The minimum Gasteiger partial charge on any atom is -0.488 e. The maximum absolute atomic E-state index is 13.1. The molecule has 2 aromatic rings. The van der Waals surface area contributed by atoms with E-state index in [1.807, 2.05) is 16.8 Å². The van der Waals surface area contributed by atoms with Gasteiger partial charge in [-0.3, -0.25) is 0 Å². The molecule has 1 atom stereocenters. The molecule has 1 aromatic heterocycles. The highest BCUT2D eigenvalue weighted by Gasteiger charge is 2.10. The monoisotopic (exact) mass is 252 g/mol. The van der Waals surface area contributed by atoms with Crippen LogP contribution in [0, 0.1) is 5.82 Å². The van der Waals surface area contributed by atoms with Crippen molar-refractivity contribution in [1.29, 1.82) is 0 Å². The summed E-state index contributed by atoms with van der Waals surface area (Å²) in [5, 5.41) is 13.5. The van der Waals surface area contributed by atoms with Crippen LogP contribution >= 0.6 is 11.3 Å². The standard InChI is InChI=1S/C13H13FO2S/c1-9(15)12-3-2-11(14)6-13(12)16-7-10-4-5-17-8-10/h2-6,8-9,15H,7H2,1H3/t9-/m1/s1. The van der Waals surface area contributed by atoms with Crippen LogP contribution in [0.4, 0.5) is 4.39 Å². The van der Waals surface area contributed by atoms with Crippen LogP contribution in [0.1, 0.15) is 24.2 Å². The summed E-state index contributed by atoms with van der Waals surface area (Å²) in [6.07, 6.45) is -0.673. The molecule has 1 aromatic carbocycles. The predicted molar refractivity (Wildman–Crippen MR) is 65.7 cm³/mol. The minimum absolute atomic E-state index is 0.366. The zero-order valence-corrected chi connectivity index (χ0v) is 10.2. The molecule has 1 heterocycles. The molecule has 0 aliphatic rings. The van der Waals surface area contributed by atoms with Gasteiger partial charge in [0.15, 0.2) is 0 Å². The van der Waals surface area contributed by atoms with Gasteiger partial charge in [-0.1, -0.05) is 0 Å². The number of halogens is 1. The first kappa shape index (κ1) is 12.1. The zero-order chi connectivity index (χ0) is 12.3. The van der Waals surface area contributed by atoms with Crippen molar-refractivity contribution in [1.82, 2.24) is 0 Å². The summed E-state index contributed by atoms with van der Waals surface area (Å²) in [5.41, 5.74) is 1.64. The number of thiophene rings is 1. The van der Waals surface area contributed by atoms with Crippen LogP contribution in [-0.4, -0.2) is 5.11 Å². The third-order valence-electron chi connectivity index (χ3n) is 2.40. The Morgan fingerprint density at radius 2 is 2.24 bits per heavy atom. The van der Waals surface area contributed by atoms with Crippen LogP contribution in [0.2, 0.25) is 0 Å². The molecule has 0 fully saturated rings. The van der Waals surface area contributed by atoms with Gasteiger partial charge in [0.2, 0.25) is 0 Å². The quantitative estimate of drug-likeness (QED) is 0.902. The van der Waals surface area contributed by atoms with Crippen LogP contribution in [0.5, 0.6) is 5.75 Å². The minimum atomic E-state index is -0.673. The lowest BCUT2D eigenvalue weighted by molar-refractivity contribution is 0.190. The van der Waals surface area contributed by atoms with E-state index in [4.69, 9.17) is 4.74 Å². The lowest BCUT2D eigenvalue weighted by atomic mass is 10.1. The highest BCUT2D eigenvalue weighted by Crippen LogP contribution is 2.26. The first-order valence-electron chi connectivity index (χ1n) is 5.28. The van der Waals surface area contributed by atoms with Gasteiger partial charge in [-0.15, -0.1) is 0 Å². The lowest BCUT2D eigenvalue weighted by Crippen LogP contribution is -2.00. The summed E-state index contributed by atoms with van der Waals surface area (Å²) in [6, 6.07) is 6.11. The third kappa shape index (κ3) is 3.05. The van der Waals surface area contributed by atoms with Crippen molar-refractivity contribution in [2.45, 2.75) is 19.6 Å². The van der Waals surface area contributed by atoms with Crippen LogP contribution in [0.25, 0.3) is 0 Å². The van der Waals surface area contributed by atoms with Gasteiger partial charge in [-0.25, -0.2) is 4.39 Å². The van der Waals surface area contributed by atoms with Crippen molar-refractivity contribution in [3.63, 3.8) is 0 Å². The first-order chi connectivity index (χ1) is 8.16. The summed E-state index contributed by atoms with van der Waals surface area (Å²) in [7, 11) is 0. The Labute approximate surface area is 103 Å². The third-order valence-corrected chi connectivity index (χ3v) is 3.13. The summed E-state index contributed by atoms with van der Waals surface area (Å²) in [6.45, 7) is 2.01. The fourth-order valence-corrected chi connectivity index (χ4v) is 2.17. The van der Waals surface area contributed by atoms with Crippen molar-refractivity contribution in [3.8, 4) is 5.75 Å². The van der Waals surface area contributed by atoms with Crippen molar-refractivity contribution in [3.05, 3.63) is 52.0 Å². The molecule has 0 amide bonds. The van der Waals surface area contributed by atoms with Gasteiger partial charge in [-0.2, -0.15) is 11.3 Å². The number of hydrogen-bond acceptors (Lipinski definition) is 3. The summed E-state index contributed by atoms with van der Waals surface area (Å²) in [4.78, 5) is 0. The zero-order valence-electron chi connectivity index (χ0n) is 9.39. The SMILES string of the molecule is C[C@@H](O)c1ccc(F)cc1OCc1ccsc1. The maximum Gasteiger partial charge on any atom is 0.128 e. The second-order valence-electron chi connectivity index (χ2n) is 3.78. The van der Waals surface area contributed by atoms with Gasteiger partial charge in [0, 0.05) is 11.6 Å². The molecule has 2 rings (SSSR count). The Bertz CT molecular complexity index is 480. The summed E-state index contributed by atoms with van der Waals surface area (Å²) < 4.78 is 18.6. The van der Waals surface area contributed by atoms with Crippen molar-refractivity contribution < 1.29 is 14.2 Å². The second-order valence-corrected chi connectivity index (χ2v) is 4.56. The van der Waals surface area contributed by atoms with E-state index in [0.29, 0.717) is 17.9 Å². The molecule has 0 saturated carbocycles. The topological polar surface area (TPSA) is 29.5 Å². The van der Waals surface area contributed by atoms with E-state index in [1.165, 1.54) is 12.1 Å². The van der Waals surface area contributed by atoms with Gasteiger partial charge < -0.3 is 9.84 Å². The van der Waals surface area contributed by atoms with Crippen molar-refractivity contribution >= 4 is 11.3 Å². The number of hydrogen-bond donors (Lipinski definition) is 1. The highest BCUT2D eigenvalue weighted by atomic mass is 32.1. The molecule has 90 valence electrons. The van der Waals surface area contributed by atoms with Gasteiger partial charge in [0.1, 0.15) is 18.2 Å². The van der Waals surface area contributed by atoms with E-state index in [9.17, 15) is 9.50 Å². The number of aliphatic hydroxyl groups excluding tert-OH is 1. The molecule has 0 unspecified atom stereocenters. The maximum atomic E-state index is 13.1. The normalized spacial score (nSPS) is 12.4. The first-order valence-corrected chi connectivity index (χ1v) is 6.22.